The molecule has 2 atom stereocenters. The first-order valence-electron chi connectivity index (χ1n) is 5.52. The molecular formula is C12H8BF5O2. The van der Waals surface area contributed by atoms with Gasteiger partial charge in [-0.15, -0.1) is 0 Å². The smallest absolute Gasteiger partial charge is 0.425 e. The van der Waals surface area contributed by atoms with Crippen molar-refractivity contribution in [2.45, 2.75) is 11.7 Å². The second-order valence-corrected chi connectivity index (χ2v) is 4.22. The van der Waals surface area contributed by atoms with Crippen molar-refractivity contribution in [1.29, 1.82) is 0 Å². The van der Waals surface area contributed by atoms with Gasteiger partial charge in [0.05, 0.1) is 5.57 Å². The normalized spacial score (nSPS) is 27.1. The van der Waals surface area contributed by atoms with Gasteiger partial charge < -0.3 is 10.0 Å². The van der Waals surface area contributed by atoms with Crippen molar-refractivity contribution in [2.75, 3.05) is 0 Å². The highest BCUT2D eigenvalue weighted by molar-refractivity contribution is 6.47. The van der Waals surface area contributed by atoms with E-state index in [1.165, 1.54) is 30.3 Å². The van der Waals surface area contributed by atoms with Gasteiger partial charge in [-0.2, -0.15) is 0 Å². The van der Waals surface area contributed by atoms with E-state index in [1.54, 1.807) is 0 Å². The van der Waals surface area contributed by atoms with Crippen molar-refractivity contribution in [2.24, 2.45) is 0 Å². The molecule has 2 nitrogen and oxygen atoms in total. The van der Waals surface area contributed by atoms with Crippen LogP contribution in [-0.2, 0) is 0 Å². The fraction of sp³-hybridized carbons (Fsp3) is 0.167. The van der Waals surface area contributed by atoms with Gasteiger partial charge in [0.25, 0.3) is 0 Å². The Labute approximate surface area is 111 Å². The molecule has 0 fully saturated rings. The first kappa shape index (κ1) is 14.7. The highest BCUT2D eigenvalue weighted by Gasteiger charge is 2.61. The summed E-state index contributed by atoms with van der Waals surface area (Å²) >= 11 is 0. The molecule has 0 aliphatic heterocycles. The van der Waals surface area contributed by atoms with Gasteiger partial charge in [-0.3, -0.25) is 0 Å². The molecule has 0 radical (unpaired) electrons. The Balaban J connectivity index is 2.65. The van der Waals surface area contributed by atoms with Crippen LogP contribution < -0.4 is 0 Å². The molecular weight excluding hydrogens is 282 g/mol. The molecule has 1 aromatic rings. The first-order valence-corrected chi connectivity index (χ1v) is 5.52. The second kappa shape index (κ2) is 5.03. The quantitative estimate of drug-likeness (QED) is 0.649. The third-order valence-electron chi connectivity index (χ3n) is 3.02. The molecule has 1 aliphatic carbocycles. The van der Waals surface area contributed by atoms with E-state index in [2.05, 4.69) is 0 Å². The van der Waals surface area contributed by atoms with Crippen LogP contribution in [0, 0.1) is 0 Å². The molecule has 1 aliphatic rings. The number of rotatable bonds is 2. The Morgan fingerprint density at radius 1 is 1.05 bits per heavy atom. The summed E-state index contributed by atoms with van der Waals surface area (Å²) in [7, 11) is -3.24. The number of hydrogen-bond acceptors (Lipinski definition) is 2. The monoisotopic (exact) mass is 290 g/mol. The Bertz CT molecular complexity index is 587. The van der Waals surface area contributed by atoms with Crippen LogP contribution in [0.4, 0.5) is 22.0 Å². The van der Waals surface area contributed by atoms with Gasteiger partial charge in [-0.05, 0) is 5.56 Å². The van der Waals surface area contributed by atoms with E-state index in [0.29, 0.717) is 0 Å². The fourth-order valence-corrected chi connectivity index (χ4v) is 1.92. The fourth-order valence-electron chi connectivity index (χ4n) is 1.92. The molecule has 0 spiro atoms. The van der Waals surface area contributed by atoms with Crippen molar-refractivity contribution >= 4 is 12.7 Å². The SMILES string of the molecule is OB(O)C1(F)C(F)=C(F)C(c2ccccc2)=C(F)C1F. The number of hydrogen-bond donors (Lipinski definition) is 2. The first-order chi connectivity index (χ1) is 9.31. The predicted octanol–water partition coefficient (Wildman–Crippen LogP) is 2.59. The zero-order valence-corrected chi connectivity index (χ0v) is 9.83. The summed E-state index contributed by atoms with van der Waals surface area (Å²) in [5, 5.41) is 17.4. The third-order valence-corrected chi connectivity index (χ3v) is 3.02. The van der Waals surface area contributed by atoms with Crippen molar-refractivity contribution in [3.05, 3.63) is 53.4 Å². The molecule has 0 amide bonds. The minimum atomic E-state index is -4.20. The number of halogens is 5. The maximum atomic E-state index is 13.9. The van der Waals surface area contributed by atoms with Gasteiger partial charge in [0.15, 0.2) is 17.8 Å². The van der Waals surface area contributed by atoms with E-state index >= 15 is 0 Å². The summed E-state index contributed by atoms with van der Waals surface area (Å²) in [6.45, 7) is 0. The average molecular weight is 290 g/mol. The van der Waals surface area contributed by atoms with Crippen LogP contribution >= 0.6 is 0 Å². The van der Waals surface area contributed by atoms with Crippen LogP contribution in [0.15, 0.2) is 47.8 Å². The van der Waals surface area contributed by atoms with Crippen LogP contribution in [-0.4, -0.2) is 28.9 Å². The van der Waals surface area contributed by atoms with E-state index in [-0.39, 0.29) is 5.56 Å². The highest BCUT2D eigenvalue weighted by atomic mass is 19.2. The number of alkyl halides is 2. The standard InChI is InChI=1S/C12H8BF5O2/c14-8-7(6-4-2-1-3-5-6)9(15)11(17)12(18,10(8)16)13(19)20/h1-5,10,19-20H. The zero-order chi connectivity index (χ0) is 15.1. The maximum absolute atomic E-state index is 13.9. The van der Waals surface area contributed by atoms with Crippen LogP contribution in [0.25, 0.3) is 5.57 Å². The number of benzene rings is 1. The van der Waals surface area contributed by atoms with E-state index in [0.717, 1.165) is 0 Å². The van der Waals surface area contributed by atoms with Crippen LogP contribution in [0.1, 0.15) is 5.56 Å². The predicted molar refractivity (Wildman–Crippen MR) is 62.6 cm³/mol. The topological polar surface area (TPSA) is 40.5 Å². The van der Waals surface area contributed by atoms with Crippen molar-refractivity contribution in [3.8, 4) is 0 Å². The summed E-state index contributed by atoms with van der Waals surface area (Å²) in [4.78, 5) is 0. The zero-order valence-electron chi connectivity index (χ0n) is 9.83. The molecule has 0 saturated carbocycles. The van der Waals surface area contributed by atoms with Gasteiger partial charge in [-0.1, -0.05) is 30.3 Å². The van der Waals surface area contributed by atoms with E-state index in [9.17, 15) is 22.0 Å². The van der Waals surface area contributed by atoms with Crippen LogP contribution in [0.3, 0.4) is 0 Å². The molecule has 2 unspecified atom stereocenters. The molecule has 2 rings (SSSR count). The van der Waals surface area contributed by atoms with Crippen molar-refractivity contribution in [3.63, 3.8) is 0 Å². The second-order valence-electron chi connectivity index (χ2n) is 4.22. The lowest BCUT2D eigenvalue weighted by atomic mass is 9.63. The highest BCUT2D eigenvalue weighted by Crippen LogP contribution is 2.47. The lowest BCUT2D eigenvalue weighted by molar-refractivity contribution is 0.0972. The van der Waals surface area contributed by atoms with Crippen molar-refractivity contribution < 1.29 is 32.0 Å². The molecule has 0 bridgehead atoms. The largest absolute Gasteiger partial charge is 0.502 e. The molecule has 0 aromatic heterocycles. The molecule has 106 valence electrons. The minimum Gasteiger partial charge on any atom is -0.425 e. The van der Waals surface area contributed by atoms with Crippen LogP contribution in [0.2, 0.25) is 0 Å². The summed E-state index contributed by atoms with van der Waals surface area (Å²) in [5.74, 6) is -6.33. The summed E-state index contributed by atoms with van der Waals surface area (Å²) in [6.07, 6.45) is -3.36. The molecule has 2 N–H and O–H groups in total. The average Bonchev–Trinajstić information content (AvgIpc) is 2.44. The molecule has 20 heavy (non-hydrogen) atoms. The van der Waals surface area contributed by atoms with Gasteiger partial charge >= 0.3 is 7.12 Å². The maximum Gasteiger partial charge on any atom is 0.502 e. The Morgan fingerprint density at radius 3 is 2.10 bits per heavy atom. The summed E-state index contributed by atoms with van der Waals surface area (Å²) in [5.41, 5.74) is -5.48. The number of allylic oxidation sites excluding steroid dienone is 4. The lowest BCUT2D eigenvalue weighted by Gasteiger charge is -2.30. The third kappa shape index (κ3) is 1.95. The van der Waals surface area contributed by atoms with Gasteiger partial charge in [-0.25, -0.2) is 22.0 Å². The van der Waals surface area contributed by atoms with E-state index in [1.807, 2.05) is 0 Å². The summed E-state index contributed by atoms with van der Waals surface area (Å²) in [6, 6.07) is 6.59. The van der Waals surface area contributed by atoms with Gasteiger partial charge in [0, 0.05) is 0 Å². The Hall–Kier alpha value is -1.67. The molecule has 1 aromatic carbocycles. The lowest BCUT2D eigenvalue weighted by Crippen LogP contribution is -2.53. The van der Waals surface area contributed by atoms with E-state index < -0.39 is 41.9 Å². The summed E-state index contributed by atoms with van der Waals surface area (Å²) < 4.78 is 68.7. The Kier molecular flexibility index (Phi) is 3.70. The molecule has 8 heteroatoms. The van der Waals surface area contributed by atoms with E-state index in [4.69, 9.17) is 10.0 Å². The molecule has 0 heterocycles. The van der Waals surface area contributed by atoms with Gasteiger partial charge in [0.2, 0.25) is 5.57 Å². The van der Waals surface area contributed by atoms with Crippen molar-refractivity contribution in [1.82, 2.24) is 0 Å². The van der Waals surface area contributed by atoms with Crippen LogP contribution in [0.5, 0.6) is 0 Å². The van der Waals surface area contributed by atoms with Gasteiger partial charge in [0.1, 0.15) is 5.83 Å². The molecule has 0 saturated heterocycles. The minimum absolute atomic E-state index is 0.199. The Morgan fingerprint density at radius 2 is 1.60 bits per heavy atom.